The van der Waals surface area contributed by atoms with Gasteiger partial charge in [-0.2, -0.15) is 10.5 Å². The van der Waals surface area contributed by atoms with Crippen molar-refractivity contribution in [1.82, 2.24) is 9.97 Å². The number of rotatable bonds is 2. The molecule has 0 aliphatic rings. The summed E-state index contributed by atoms with van der Waals surface area (Å²) in [6.07, 6.45) is 1.29. The molecule has 0 aliphatic heterocycles. The SMILES string of the molecule is N#Cc1ccc(Nc2nc[nH]c(=O)c2I)cc1C#N. The average molecular weight is 363 g/mol. The number of benzene rings is 1. The smallest absolute Gasteiger partial charge is 0.266 e. The van der Waals surface area contributed by atoms with Crippen molar-refractivity contribution in [3.8, 4) is 12.1 Å². The minimum Gasteiger partial charge on any atom is -0.339 e. The van der Waals surface area contributed by atoms with Gasteiger partial charge >= 0.3 is 0 Å². The summed E-state index contributed by atoms with van der Waals surface area (Å²) in [5.74, 6) is 0.401. The van der Waals surface area contributed by atoms with Crippen LogP contribution < -0.4 is 10.9 Å². The van der Waals surface area contributed by atoms with Crippen molar-refractivity contribution < 1.29 is 0 Å². The third-order valence-electron chi connectivity index (χ3n) is 2.32. The average Bonchev–Trinajstić information content (AvgIpc) is 2.43. The third-order valence-corrected chi connectivity index (χ3v) is 3.32. The summed E-state index contributed by atoms with van der Waals surface area (Å²) in [4.78, 5) is 17.9. The van der Waals surface area contributed by atoms with Gasteiger partial charge in [-0.05, 0) is 40.8 Å². The molecule has 0 bridgehead atoms. The van der Waals surface area contributed by atoms with Crippen LogP contribution in [0.25, 0.3) is 0 Å². The lowest BCUT2D eigenvalue weighted by atomic mass is 10.1. The van der Waals surface area contributed by atoms with Crippen LogP contribution in [0.5, 0.6) is 0 Å². The molecular formula is C12H6IN5O. The van der Waals surface area contributed by atoms with Gasteiger partial charge in [0, 0.05) is 5.69 Å². The highest BCUT2D eigenvalue weighted by molar-refractivity contribution is 14.1. The van der Waals surface area contributed by atoms with Gasteiger partial charge in [0.05, 0.1) is 17.5 Å². The zero-order valence-electron chi connectivity index (χ0n) is 9.44. The lowest BCUT2D eigenvalue weighted by Gasteiger charge is -2.07. The number of aromatic amines is 1. The zero-order valence-corrected chi connectivity index (χ0v) is 11.6. The first-order valence-corrected chi connectivity index (χ1v) is 6.18. The van der Waals surface area contributed by atoms with E-state index in [1.807, 2.05) is 34.7 Å². The van der Waals surface area contributed by atoms with Gasteiger partial charge in [-0.25, -0.2) is 4.98 Å². The van der Waals surface area contributed by atoms with Gasteiger partial charge in [0.15, 0.2) is 5.82 Å². The van der Waals surface area contributed by atoms with Crippen molar-refractivity contribution in [2.45, 2.75) is 0 Å². The van der Waals surface area contributed by atoms with Crippen LogP contribution in [0.3, 0.4) is 0 Å². The van der Waals surface area contributed by atoms with E-state index in [9.17, 15) is 4.79 Å². The van der Waals surface area contributed by atoms with Crippen LogP contribution in [-0.2, 0) is 0 Å². The molecule has 2 aromatic rings. The van der Waals surface area contributed by atoms with Crippen LogP contribution in [0.15, 0.2) is 29.3 Å². The second-order valence-electron chi connectivity index (χ2n) is 3.50. The number of halogens is 1. The molecule has 1 heterocycles. The Morgan fingerprint density at radius 2 is 2.00 bits per heavy atom. The van der Waals surface area contributed by atoms with Gasteiger partial charge in [-0.3, -0.25) is 4.79 Å². The van der Waals surface area contributed by atoms with Crippen LogP contribution in [0.2, 0.25) is 0 Å². The molecule has 0 aliphatic carbocycles. The summed E-state index contributed by atoms with van der Waals surface area (Å²) in [6.45, 7) is 0. The largest absolute Gasteiger partial charge is 0.339 e. The second-order valence-corrected chi connectivity index (χ2v) is 4.58. The molecule has 0 amide bonds. The van der Waals surface area contributed by atoms with Crippen LogP contribution in [0.1, 0.15) is 11.1 Å². The fraction of sp³-hybridized carbons (Fsp3) is 0. The summed E-state index contributed by atoms with van der Waals surface area (Å²) in [6, 6.07) is 8.61. The van der Waals surface area contributed by atoms with Gasteiger partial charge in [-0.1, -0.05) is 0 Å². The van der Waals surface area contributed by atoms with Crippen LogP contribution in [-0.4, -0.2) is 9.97 Å². The Morgan fingerprint density at radius 1 is 1.26 bits per heavy atom. The van der Waals surface area contributed by atoms with E-state index in [0.717, 1.165) is 0 Å². The summed E-state index contributed by atoms with van der Waals surface area (Å²) in [5, 5.41) is 20.7. The van der Waals surface area contributed by atoms with E-state index in [1.54, 1.807) is 12.1 Å². The molecule has 2 N–H and O–H groups in total. The minimum atomic E-state index is -0.243. The molecule has 0 saturated heterocycles. The molecule has 1 aromatic heterocycles. The molecule has 0 unspecified atom stereocenters. The van der Waals surface area contributed by atoms with Gasteiger partial charge < -0.3 is 10.3 Å². The molecule has 0 spiro atoms. The minimum absolute atomic E-state index is 0.243. The van der Waals surface area contributed by atoms with Gasteiger partial charge in [-0.15, -0.1) is 0 Å². The number of hydrogen-bond donors (Lipinski definition) is 2. The van der Waals surface area contributed by atoms with E-state index in [0.29, 0.717) is 20.6 Å². The van der Waals surface area contributed by atoms with E-state index < -0.39 is 0 Å². The summed E-state index contributed by atoms with van der Waals surface area (Å²) in [5.41, 5.74) is 0.924. The summed E-state index contributed by atoms with van der Waals surface area (Å²) >= 11 is 1.88. The number of H-pyrrole nitrogens is 1. The van der Waals surface area contributed by atoms with Gasteiger partial charge in [0.2, 0.25) is 0 Å². The Balaban J connectivity index is 2.40. The van der Waals surface area contributed by atoms with E-state index >= 15 is 0 Å². The molecule has 92 valence electrons. The highest BCUT2D eigenvalue weighted by atomic mass is 127. The summed E-state index contributed by atoms with van der Waals surface area (Å²) < 4.78 is 0.419. The second kappa shape index (κ2) is 5.50. The molecule has 2 rings (SSSR count). The number of hydrogen-bond acceptors (Lipinski definition) is 5. The highest BCUT2D eigenvalue weighted by Gasteiger charge is 2.07. The fourth-order valence-corrected chi connectivity index (χ4v) is 1.85. The van der Waals surface area contributed by atoms with E-state index in [1.165, 1.54) is 12.4 Å². The first-order chi connectivity index (χ1) is 9.15. The maximum absolute atomic E-state index is 11.4. The standard InChI is InChI=1S/C12H6IN5O/c13-10-11(16-6-17-12(10)19)18-9-2-1-7(4-14)8(3-9)5-15/h1-3,6H,(H2,16,17,18,19). The van der Waals surface area contributed by atoms with Crippen LogP contribution in [0, 0.1) is 26.2 Å². The van der Waals surface area contributed by atoms with Crippen LogP contribution in [0.4, 0.5) is 11.5 Å². The predicted octanol–water partition coefficient (Wildman–Crippen LogP) is 1.86. The lowest BCUT2D eigenvalue weighted by molar-refractivity contribution is 1.10. The Labute approximate surface area is 121 Å². The highest BCUT2D eigenvalue weighted by Crippen LogP contribution is 2.20. The van der Waals surface area contributed by atoms with Crippen molar-refractivity contribution in [2.75, 3.05) is 5.32 Å². The lowest BCUT2D eigenvalue weighted by Crippen LogP contribution is -2.12. The molecular weight excluding hydrogens is 357 g/mol. The maximum Gasteiger partial charge on any atom is 0.266 e. The van der Waals surface area contributed by atoms with Crippen molar-refractivity contribution in [3.05, 3.63) is 49.6 Å². The number of nitrogens with zero attached hydrogens (tertiary/aromatic N) is 3. The normalized spacial score (nSPS) is 9.42. The van der Waals surface area contributed by atoms with Crippen molar-refractivity contribution in [2.24, 2.45) is 0 Å². The molecule has 19 heavy (non-hydrogen) atoms. The first-order valence-electron chi connectivity index (χ1n) is 5.10. The Hall–Kier alpha value is -2.39. The van der Waals surface area contributed by atoms with Crippen molar-refractivity contribution >= 4 is 34.1 Å². The molecule has 0 radical (unpaired) electrons. The zero-order chi connectivity index (χ0) is 13.8. The summed E-state index contributed by atoms with van der Waals surface area (Å²) in [7, 11) is 0. The number of nitriles is 2. The molecule has 0 saturated carbocycles. The molecule has 7 heteroatoms. The molecule has 0 fully saturated rings. The Morgan fingerprint density at radius 3 is 2.68 bits per heavy atom. The van der Waals surface area contributed by atoms with Crippen LogP contribution >= 0.6 is 22.6 Å². The number of nitrogens with one attached hydrogen (secondary N) is 2. The Bertz CT molecular complexity index is 769. The molecule has 6 nitrogen and oxygen atoms in total. The first kappa shape index (κ1) is 13.1. The molecule has 0 atom stereocenters. The van der Waals surface area contributed by atoms with E-state index in [4.69, 9.17) is 10.5 Å². The third kappa shape index (κ3) is 2.72. The van der Waals surface area contributed by atoms with Crippen molar-refractivity contribution in [1.29, 1.82) is 10.5 Å². The van der Waals surface area contributed by atoms with E-state index in [-0.39, 0.29) is 11.1 Å². The monoisotopic (exact) mass is 363 g/mol. The topological polar surface area (TPSA) is 105 Å². The predicted molar refractivity (Wildman–Crippen MR) is 76.7 cm³/mol. The maximum atomic E-state index is 11.4. The number of anilines is 2. The number of aromatic nitrogens is 2. The molecule has 1 aromatic carbocycles. The Kier molecular flexibility index (Phi) is 3.78. The van der Waals surface area contributed by atoms with Crippen molar-refractivity contribution in [3.63, 3.8) is 0 Å². The van der Waals surface area contributed by atoms with E-state index in [2.05, 4.69) is 15.3 Å². The van der Waals surface area contributed by atoms with Gasteiger partial charge in [0.25, 0.3) is 5.56 Å². The quantitative estimate of drug-likeness (QED) is 0.793. The van der Waals surface area contributed by atoms with Gasteiger partial charge in [0.1, 0.15) is 15.7 Å². The fourth-order valence-electron chi connectivity index (χ4n) is 1.42.